The Hall–Kier alpha value is -1.10. The van der Waals surface area contributed by atoms with Crippen LogP contribution in [0.1, 0.15) is 0 Å². The molecule has 0 aliphatic carbocycles. The molecule has 2 aliphatic heterocycles. The maximum absolute atomic E-state index is 10.9. The van der Waals surface area contributed by atoms with Crippen molar-refractivity contribution < 1.29 is 10.0 Å². The summed E-state index contributed by atoms with van der Waals surface area (Å²) in [7, 11) is 0. The van der Waals surface area contributed by atoms with E-state index in [-0.39, 0.29) is 11.9 Å². The fourth-order valence-corrected chi connectivity index (χ4v) is 1.56. The number of oxime groups is 1. The van der Waals surface area contributed by atoms with Gasteiger partial charge in [0.25, 0.3) is 0 Å². The fraction of sp³-hybridized carbons (Fsp3) is 0.667. The number of hydrogen-bond acceptors (Lipinski definition) is 4. The van der Waals surface area contributed by atoms with Crippen molar-refractivity contribution in [2.75, 3.05) is 19.6 Å². The molecule has 2 saturated heterocycles. The van der Waals surface area contributed by atoms with Crippen LogP contribution in [-0.2, 0) is 4.79 Å². The van der Waals surface area contributed by atoms with Crippen LogP contribution < -0.4 is 5.32 Å². The smallest absolute Gasteiger partial charge is 0.234 e. The van der Waals surface area contributed by atoms with Crippen LogP contribution in [0, 0.1) is 0 Å². The van der Waals surface area contributed by atoms with Crippen molar-refractivity contribution in [2.24, 2.45) is 5.16 Å². The van der Waals surface area contributed by atoms with Crippen LogP contribution in [0.5, 0.6) is 0 Å². The average Bonchev–Trinajstić information content (AvgIpc) is 2.25. The second-order valence-corrected chi connectivity index (χ2v) is 2.88. The number of piperazine rings is 1. The number of rotatable bonds is 0. The van der Waals surface area contributed by atoms with Crippen molar-refractivity contribution in [2.45, 2.75) is 6.04 Å². The molecule has 0 spiro atoms. The van der Waals surface area contributed by atoms with E-state index in [0.717, 1.165) is 6.54 Å². The summed E-state index contributed by atoms with van der Waals surface area (Å²) in [5.74, 6) is 0.0138. The Labute approximate surface area is 63.7 Å². The first kappa shape index (κ1) is 6.60. The van der Waals surface area contributed by atoms with Gasteiger partial charge in [-0.25, -0.2) is 0 Å². The van der Waals surface area contributed by atoms with Gasteiger partial charge in [-0.3, -0.25) is 9.69 Å². The van der Waals surface area contributed by atoms with Crippen LogP contribution in [0.25, 0.3) is 0 Å². The van der Waals surface area contributed by atoms with Gasteiger partial charge in [-0.15, -0.1) is 0 Å². The largest absolute Gasteiger partial charge is 0.411 e. The average molecular weight is 155 g/mol. The summed E-state index contributed by atoms with van der Waals surface area (Å²) in [5, 5.41) is 14.4. The molecule has 2 heterocycles. The highest BCUT2D eigenvalue weighted by molar-refractivity contribution is 5.98. The first-order chi connectivity index (χ1) is 5.29. The molecule has 2 N–H and O–H groups in total. The molecule has 2 atom stereocenters. The summed E-state index contributed by atoms with van der Waals surface area (Å²) in [5.41, 5.74) is 0.663. The minimum absolute atomic E-state index is 0.0138. The quantitative estimate of drug-likeness (QED) is 0.335. The maximum atomic E-state index is 10.9. The molecule has 2 bridgehead atoms. The number of fused-ring (bicyclic) bond motifs is 2. The Morgan fingerprint density at radius 3 is 3.18 bits per heavy atom. The lowest BCUT2D eigenvalue weighted by atomic mass is 10.2. The SMILES string of the molecule is O=C1CN2C/C(=N\O)C(C2)N1. The van der Waals surface area contributed by atoms with Gasteiger partial charge in [-0.1, -0.05) is 5.16 Å². The summed E-state index contributed by atoms with van der Waals surface area (Å²) >= 11 is 0. The van der Waals surface area contributed by atoms with Gasteiger partial charge in [0.1, 0.15) is 0 Å². The summed E-state index contributed by atoms with van der Waals surface area (Å²) in [4.78, 5) is 12.9. The highest BCUT2D eigenvalue weighted by Crippen LogP contribution is 2.10. The van der Waals surface area contributed by atoms with Gasteiger partial charge in [0.2, 0.25) is 5.91 Å². The van der Waals surface area contributed by atoms with Crippen molar-refractivity contribution in [1.29, 1.82) is 0 Å². The topological polar surface area (TPSA) is 64.9 Å². The highest BCUT2D eigenvalue weighted by atomic mass is 16.4. The van der Waals surface area contributed by atoms with E-state index in [4.69, 9.17) is 5.21 Å². The van der Waals surface area contributed by atoms with E-state index in [1.807, 2.05) is 4.90 Å². The fourth-order valence-electron chi connectivity index (χ4n) is 1.56. The van der Waals surface area contributed by atoms with E-state index in [9.17, 15) is 4.79 Å². The molecule has 0 saturated carbocycles. The number of nitrogens with zero attached hydrogens (tertiary/aromatic N) is 2. The van der Waals surface area contributed by atoms with E-state index in [1.54, 1.807) is 0 Å². The predicted molar refractivity (Wildman–Crippen MR) is 37.6 cm³/mol. The second kappa shape index (κ2) is 2.20. The van der Waals surface area contributed by atoms with E-state index in [1.165, 1.54) is 0 Å². The molecule has 0 aromatic rings. The zero-order valence-corrected chi connectivity index (χ0v) is 5.95. The Kier molecular flexibility index (Phi) is 1.32. The molecular weight excluding hydrogens is 146 g/mol. The van der Waals surface area contributed by atoms with E-state index < -0.39 is 0 Å². The van der Waals surface area contributed by atoms with Crippen molar-refractivity contribution >= 4 is 11.6 Å². The lowest BCUT2D eigenvalue weighted by molar-refractivity contribution is -0.123. The normalized spacial score (nSPS) is 39.3. The minimum atomic E-state index is -0.0544. The first-order valence-electron chi connectivity index (χ1n) is 3.52. The molecule has 0 aromatic carbocycles. The monoisotopic (exact) mass is 155 g/mol. The molecule has 2 unspecified atom stereocenters. The first-order valence-corrected chi connectivity index (χ1v) is 3.52. The van der Waals surface area contributed by atoms with Crippen LogP contribution in [0.3, 0.4) is 0 Å². The van der Waals surface area contributed by atoms with Crippen molar-refractivity contribution in [1.82, 2.24) is 10.2 Å². The zero-order valence-electron chi connectivity index (χ0n) is 5.95. The van der Waals surface area contributed by atoms with E-state index in [2.05, 4.69) is 10.5 Å². The lowest BCUT2D eigenvalue weighted by Gasteiger charge is -2.20. The lowest BCUT2D eigenvalue weighted by Crippen LogP contribution is -2.48. The molecule has 5 nitrogen and oxygen atoms in total. The van der Waals surface area contributed by atoms with E-state index in [0.29, 0.717) is 18.8 Å². The van der Waals surface area contributed by atoms with Gasteiger partial charge in [0, 0.05) is 13.1 Å². The molecule has 2 fully saturated rings. The molecule has 0 aromatic heterocycles. The summed E-state index contributed by atoms with van der Waals surface area (Å²) < 4.78 is 0. The molecule has 2 aliphatic rings. The third-order valence-corrected chi connectivity index (χ3v) is 2.06. The van der Waals surface area contributed by atoms with Gasteiger partial charge in [0.15, 0.2) is 0 Å². The highest BCUT2D eigenvalue weighted by Gasteiger charge is 2.35. The maximum Gasteiger partial charge on any atom is 0.234 e. The second-order valence-electron chi connectivity index (χ2n) is 2.88. The van der Waals surface area contributed by atoms with Crippen LogP contribution in [0.2, 0.25) is 0 Å². The van der Waals surface area contributed by atoms with E-state index >= 15 is 0 Å². The molecule has 5 heteroatoms. The van der Waals surface area contributed by atoms with Crippen molar-refractivity contribution in [3.8, 4) is 0 Å². The molecule has 0 radical (unpaired) electrons. The number of amides is 1. The summed E-state index contributed by atoms with van der Waals surface area (Å²) in [6.45, 7) is 1.82. The zero-order chi connectivity index (χ0) is 7.84. The van der Waals surface area contributed by atoms with Gasteiger partial charge in [-0.05, 0) is 0 Å². The number of hydrogen-bond donors (Lipinski definition) is 2. The van der Waals surface area contributed by atoms with Crippen LogP contribution in [-0.4, -0.2) is 47.4 Å². The van der Waals surface area contributed by atoms with Gasteiger partial charge in [0.05, 0.1) is 18.3 Å². The Morgan fingerprint density at radius 1 is 1.64 bits per heavy atom. The van der Waals surface area contributed by atoms with Crippen LogP contribution in [0.4, 0.5) is 0 Å². The summed E-state index contributed by atoms with van der Waals surface area (Å²) in [6, 6.07) is -0.0544. The number of nitrogens with one attached hydrogen (secondary N) is 1. The van der Waals surface area contributed by atoms with Gasteiger partial charge < -0.3 is 10.5 Å². The minimum Gasteiger partial charge on any atom is -0.411 e. The van der Waals surface area contributed by atoms with Crippen LogP contribution >= 0.6 is 0 Å². The number of carbonyl (C=O) groups excluding carboxylic acids is 1. The van der Waals surface area contributed by atoms with Gasteiger partial charge >= 0.3 is 0 Å². The third-order valence-electron chi connectivity index (χ3n) is 2.06. The molecule has 11 heavy (non-hydrogen) atoms. The van der Waals surface area contributed by atoms with Crippen molar-refractivity contribution in [3.63, 3.8) is 0 Å². The third kappa shape index (κ3) is 0.970. The number of carbonyl (C=O) groups is 1. The molecular formula is C6H9N3O2. The Balaban J connectivity index is 2.20. The standard InChI is InChI=1S/C6H9N3O2/c10-6-3-9-1-4(7-6)5(2-9)8-11/h4,11H,1-3H2,(H,7,10)/b8-5+. The van der Waals surface area contributed by atoms with Crippen LogP contribution in [0.15, 0.2) is 5.16 Å². The van der Waals surface area contributed by atoms with Gasteiger partial charge in [-0.2, -0.15) is 0 Å². The Morgan fingerprint density at radius 2 is 2.45 bits per heavy atom. The molecule has 1 amide bonds. The predicted octanol–water partition coefficient (Wildman–Crippen LogP) is -1.37. The van der Waals surface area contributed by atoms with Crippen molar-refractivity contribution in [3.05, 3.63) is 0 Å². The molecule has 60 valence electrons. The Bertz CT molecular complexity index is 226. The molecule has 2 rings (SSSR count). The summed E-state index contributed by atoms with van der Waals surface area (Å²) in [6.07, 6.45) is 0.